The Bertz CT molecular complexity index is 856. The number of hydrogen-bond donors (Lipinski definition) is 2. The Kier molecular flexibility index (Phi) is 8.32. The first kappa shape index (κ1) is 24.3. The number of halogens is 1. The van der Waals surface area contributed by atoms with Crippen LogP contribution in [0.4, 0.5) is 5.69 Å². The highest BCUT2D eigenvalue weighted by Crippen LogP contribution is 2.45. The number of carbonyl (C=O) groups is 3. The smallest absolute Gasteiger partial charge is 0.310 e. The summed E-state index contributed by atoms with van der Waals surface area (Å²) < 4.78 is 5.32. The minimum absolute atomic E-state index is 0.0137. The van der Waals surface area contributed by atoms with E-state index in [0.29, 0.717) is 36.5 Å². The zero-order valence-electron chi connectivity index (χ0n) is 18.5. The molecule has 0 spiro atoms. The first-order chi connectivity index (χ1) is 15.4. The maximum atomic E-state index is 13.6. The summed E-state index contributed by atoms with van der Waals surface area (Å²) in [5, 5.41) is 12.6. The normalized spacial score (nSPS) is 26.7. The minimum Gasteiger partial charge on any atom is -0.466 e. The number of anilines is 1. The lowest BCUT2D eigenvalue weighted by molar-refractivity contribution is -0.155. The number of hydrogen-bond acceptors (Lipinski definition) is 5. The lowest BCUT2D eigenvalue weighted by Crippen LogP contribution is -2.44. The molecular formula is C24H31ClN2O5. The van der Waals surface area contributed by atoms with Crippen LogP contribution in [0.25, 0.3) is 0 Å². The van der Waals surface area contributed by atoms with Gasteiger partial charge in [0.05, 0.1) is 18.4 Å². The van der Waals surface area contributed by atoms with E-state index < -0.39 is 23.8 Å². The van der Waals surface area contributed by atoms with Crippen LogP contribution in [0, 0.1) is 23.7 Å². The van der Waals surface area contributed by atoms with Gasteiger partial charge in [-0.15, -0.1) is 0 Å². The second-order valence-electron chi connectivity index (χ2n) is 8.24. The Morgan fingerprint density at radius 1 is 1.16 bits per heavy atom. The highest BCUT2D eigenvalue weighted by molar-refractivity contribution is 6.30. The number of carbonyl (C=O) groups excluding carboxylic acids is 3. The summed E-state index contributed by atoms with van der Waals surface area (Å²) in [7, 11) is 0. The summed E-state index contributed by atoms with van der Waals surface area (Å²) in [6.45, 7) is 4.31. The molecule has 0 saturated carbocycles. The average Bonchev–Trinajstić information content (AvgIpc) is 3.06. The molecule has 2 N–H and O–H groups in total. The van der Waals surface area contributed by atoms with Gasteiger partial charge in [-0.1, -0.05) is 30.7 Å². The van der Waals surface area contributed by atoms with Crippen molar-refractivity contribution in [2.75, 3.05) is 25.1 Å². The number of rotatable bonds is 9. The van der Waals surface area contributed by atoms with Crippen molar-refractivity contribution in [1.82, 2.24) is 4.90 Å². The van der Waals surface area contributed by atoms with Crippen molar-refractivity contribution < 1.29 is 24.2 Å². The molecular weight excluding hydrogens is 432 g/mol. The molecule has 1 aromatic carbocycles. The lowest BCUT2D eigenvalue weighted by atomic mass is 9.69. The highest BCUT2D eigenvalue weighted by atomic mass is 35.5. The Morgan fingerprint density at radius 2 is 1.88 bits per heavy atom. The summed E-state index contributed by atoms with van der Waals surface area (Å²) in [6.07, 6.45) is 5.67. The molecule has 1 heterocycles. The van der Waals surface area contributed by atoms with Gasteiger partial charge in [-0.25, -0.2) is 0 Å². The third-order valence-corrected chi connectivity index (χ3v) is 6.58. The number of fused-ring (bicyclic) bond motifs is 1. The number of esters is 1. The maximum absolute atomic E-state index is 13.6. The monoisotopic (exact) mass is 462 g/mol. The lowest BCUT2D eigenvalue weighted by Gasteiger charge is -2.33. The molecule has 1 aromatic rings. The molecule has 2 aliphatic rings. The van der Waals surface area contributed by atoms with Crippen LogP contribution in [0.2, 0.25) is 5.02 Å². The van der Waals surface area contributed by atoms with Crippen LogP contribution in [-0.2, 0) is 19.1 Å². The van der Waals surface area contributed by atoms with Crippen molar-refractivity contribution >= 4 is 35.1 Å². The van der Waals surface area contributed by atoms with Gasteiger partial charge >= 0.3 is 5.97 Å². The van der Waals surface area contributed by atoms with Crippen molar-refractivity contribution in [1.29, 1.82) is 0 Å². The predicted octanol–water partition coefficient (Wildman–Crippen LogP) is 3.27. The van der Waals surface area contributed by atoms with E-state index in [2.05, 4.69) is 5.32 Å². The van der Waals surface area contributed by atoms with E-state index in [9.17, 15) is 19.5 Å². The maximum Gasteiger partial charge on any atom is 0.310 e. The van der Waals surface area contributed by atoms with E-state index >= 15 is 0 Å². The van der Waals surface area contributed by atoms with Gasteiger partial charge in [0.2, 0.25) is 11.8 Å². The molecule has 3 rings (SSSR count). The molecule has 32 heavy (non-hydrogen) atoms. The summed E-state index contributed by atoms with van der Waals surface area (Å²) in [5.41, 5.74) is 0.582. The third kappa shape index (κ3) is 4.99. The number of allylic oxidation sites excluding steroid dienone is 1. The van der Waals surface area contributed by atoms with Crippen molar-refractivity contribution in [3.05, 3.63) is 41.4 Å². The standard InChI is InChI=1S/C24H31ClN2O5/c1-3-15-7-12-18-20(19(15)24(31)32-4-2)23(30)27(13-5-6-14-28)21(18)22(29)26-17-10-8-16(25)9-11-17/h7-12,15,18-21,28H,3-6,13-14H2,1-2H3,(H,26,29)/t15-,18+,19-,20+,21+/m1/s1. The number of aliphatic hydroxyl groups excluding tert-OH is 1. The van der Waals surface area contributed by atoms with Crippen molar-refractivity contribution in [3.63, 3.8) is 0 Å². The number of amides is 2. The van der Waals surface area contributed by atoms with Gasteiger partial charge < -0.3 is 20.1 Å². The molecule has 0 bridgehead atoms. The van der Waals surface area contributed by atoms with Crippen molar-refractivity contribution in [2.24, 2.45) is 23.7 Å². The molecule has 1 fully saturated rings. The topological polar surface area (TPSA) is 95.9 Å². The Balaban J connectivity index is 1.93. The number of benzene rings is 1. The minimum atomic E-state index is -0.743. The summed E-state index contributed by atoms with van der Waals surface area (Å²) in [4.78, 5) is 41.3. The van der Waals surface area contributed by atoms with Gasteiger partial charge in [0.1, 0.15) is 6.04 Å². The van der Waals surface area contributed by atoms with Gasteiger partial charge in [0.25, 0.3) is 0 Å². The highest BCUT2D eigenvalue weighted by Gasteiger charge is 2.57. The van der Waals surface area contributed by atoms with E-state index in [1.54, 1.807) is 36.1 Å². The van der Waals surface area contributed by atoms with Crippen LogP contribution in [0.1, 0.15) is 33.1 Å². The predicted molar refractivity (Wildman–Crippen MR) is 122 cm³/mol. The molecule has 0 aromatic heterocycles. The van der Waals surface area contributed by atoms with E-state index in [1.807, 2.05) is 19.1 Å². The van der Waals surface area contributed by atoms with Gasteiger partial charge in [0, 0.05) is 29.8 Å². The SMILES string of the molecule is CCOC(=O)[C@H]1[C@H]2C(=O)N(CCCCO)[C@H](C(=O)Nc3ccc(Cl)cc3)[C@H]2C=C[C@H]1CC. The second kappa shape index (κ2) is 11.0. The molecule has 1 aliphatic heterocycles. The largest absolute Gasteiger partial charge is 0.466 e. The fraction of sp³-hybridized carbons (Fsp3) is 0.542. The van der Waals surface area contributed by atoms with E-state index in [-0.39, 0.29) is 36.9 Å². The number of likely N-dealkylation sites (tertiary alicyclic amines) is 1. The fourth-order valence-corrected chi connectivity index (χ4v) is 4.96. The van der Waals surface area contributed by atoms with E-state index in [4.69, 9.17) is 16.3 Å². The Labute approximate surface area is 193 Å². The molecule has 2 amide bonds. The van der Waals surface area contributed by atoms with E-state index in [0.717, 1.165) is 0 Å². The van der Waals surface area contributed by atoms with Gasteiger partial charge in [-0.2, -0.15) is 0 Å². The van der Waals surface area contributed by atoms with Gasteiger partial charge in [-0.3, -0.25) is 14.4 Å². The van der Waals surface area contributed by atoms with Crippen LogP contribution >= 0.6 is 11.6 Å². The third-order valence-electron chi connectivity index (χ3n) is 6.33. The van der Waals surface area contributed by atoms with Crippen molar-refractivity contribution in [2.45, 2.75) is 39.2 Å². The second-order valence-corrected chi connectivity index (χ2v) is 8.68. The average molecular weight is 463 g/mol. The molecule has 5 atom stereocenters. The van der Waals surface area contributed by atoms with Crippen LogP contribution in [0.5, 0.6) is 0 Å². The molecule has 8 heteroatoms. The summed E-state index contributed by atoms with van der Waals surface area (Å²) in [5.74, 6) is -2.70. The molecule has 7 nitrogen and oxygen atoms in total. The first-order valence-corrected chi connectivity index (χ1v) is 11.6. The number of ether oxygens (including phenoxy) is 1. The molecule has 1 saturated heterocycles. The quantitative estimate of drug-likeness (QED) is 0.333. The molecule has 174 valence electrons. The zero-order chi connectivity index (χ0) is 23.3. The van der Waals surface area contributed by atoms with Crippen LogP contribution in [0.15, 0.2) is 36.4 Å². The van der Waals surface area contributed by atoms with Crippen molar-refractivity contribution in [3.8, 4) is 0 Å². The summed E-state index contributed by atoms with van der Waals surface area (Å²) in [6, 6.07) is 6.03. The number of aliphatic hydroxyl groups is 1. The molecule has 1 aliphatic carbocycles. The van der Waals surface area contributed by atoms with Crippen LogP contribution < -0.4 is 5.32 Å². The Hall–Kier alpha value is -2.38. The first-order valence-electron chi connectivity index (χ1n) is 11.3. The van der Waals surface area contributed by atoms with Gasteiger partial charge in [-0.05, 0) is 56.4 Å². The summed E-state index contributed by atoms with van der Waals surface area (Å²) >= 11 is 5.94. The van der Waals surface area contributed by atoms with Crippen LogP contribution in [-0.4, -0.2) is 53.6 Å². The number of nitrogens with one attached hydrogen (secondary N) is 1. The zero-order valence-corrected chi connectivity index (χ0v) is 19.3. The Morgan fingerprint density at radius 3 is 2.50 bits per heavy atom. The van der Waals surface area contributed by atoms with E-state index in [1.165, 1.54) is 0 Å². The molecule has 0 radical (unpaired) electrons. The molecule has 0 unspecified atom stereocenters. The van der Waals surface area contributed by atoms with Crippen LogP contribution in [0.3, 0.4) is 0 Å². The number of nitrogens with zero attached hydrogens (tertiary/aromatic N) is 1. The van der Waals surface area contributed by atoms with Gasteiger partial charge in [0.15, 0.2) is 0 Å². The number of unbranched alkanes of at least 4 members (excludes halogenated alkanes) is 1. The fourth-order valence-electron chi connectivity index (χ4n) is 4.83.